The minimum Gasteiger partial charge on any atom is -0.492 e. The summed E-state index contributed by atoms with van der Waals surface area (Å²) in [5.41, 5.74) is 1.54. The summed E-state index contributed by atoms with van der Waals surface area (Å²) in [5, 5.41) is 7.09. The highest BCUT2D eigenvalue weighted by molar-refractivity contribution is 5.91. The van der Waals surface area contributed by atoms with Gasteiger partial charge in [0.25, 0.3) is 0 Å². The van der Waals surface area contributed by atoms with Gasteiger partial charge in [-0.3, -0.25) is 0 Å². The molecule has 1 aliphatic rings. The Kier molecular flexibility index (Phi) is 5.74. The molecule has 0 radical (unpaired) electrons. The van der Waals surface area contributed by atoms with E-state index in [9.17, 15) is 4.79 Å². The Hall–Kier alpha value is -3.35. The Morgan fingerprint density at radius 2 is 1.97 bits per heavy atom. The molecule has 1 saturated heterocycles. The Balaban J connectivity index is 1.54. The smallest absolute Gasteiger partial charge is 0.322 e. The molecule has 2 amide bonds. The molecule has 0 aliphatic carbocycles. The summed E-state index contributed by atoms with van der Waals surface area (Å²) in [6, 6.07) is 16.7. The van der Waals surface area contributed by atoms with Crippen molar-refractivity contribution < 1.29 is 14.1 Å². The van der Waals surface area contributed by atoms with Gasteiger partial charge in [0, 0.05) is 12.1 Å². The first-order valence-corrected chi connectivity index (χ1v) is 9.94. The monoisotopic (exact) mass is 392 g/mol. The van der Waals surface area contributed by atoms with Gasteiger partial charge < -0.3 is 19.5 Å². The number of likely N-dealkylation sites (tertiary alicyclic amines) is 1. The van der Waals surface area contributed by atoms with Crippen molar-refractivity contribution in [3.63, 3.8) is 0 Å². The van der Waals surface area contributed by atoms with Crippen LogP contribution in [-0.2, 0) is 0 Å². The van der Waals surface area contributed by atoms with E-state index in [-0.39, 0.29) is 12.1 Å². The van der Waals surface area contributed by atoms with Gasteiger partial charge in [0.1, 0.15) is 11.8 Å². The van der Waals surface area contributed by atoms with Gasteiger partial charge in [0.2, 0.25) is 11.7 Å². The molecule has 1 aromatic heterocycles. The predicted octanol–water partition coefficient (Wildman–Crippen LogP) is 4.89. The largest absolute Gasteiger partial charge is 0.492 e. The number of rotatable bonds is 5. The van der Waals surface area contributed by atoms with Gasteiger partial charge in [-0.2, -0.15) is 4.98 Å². The molecule has 2 aromatic carbocycles. The van der Waals surface area contributed by atoms with Crippen LogP contribution in [0.3, 0.4) is 0 Å². The van der Waals surface area contributed by atoms with Crippen molar-refractivity contribution in [3.8, 4) is 17.1 Å². The van der Waals surface area contributed by atoms with E-state index in [1.807, 2.05) is 61.5 Å². The number of ether oxygens (including phenoxy) is 1. The lowest BCUT2D eigenvalue weighted by Crippen LogP contribution is -2.41. The van der Waals surface area contributed by atoms with E-state index in [4.69, 9.17) is 9.26 Å². The van der Waals surface area contributed by atoms with Crippen LogP contribution in [-0.4, -0.2) is 34.2 Å². The normalized spacial score (nSPS) is 16.4. The van der Waals surface area contributed by atoms with Crippen molar-refractivity contribution in [2.24, 2.45) is 0 Å². The van der Waals surface area contributed by atoms with Crippen LogP contribution in [0.1, 0.15) is 38.1 Å². The van der Waals surface area contributed by atoms with Gasteiger partial charge in [0.15, 0.2) is 0 Å². The molecule has 150 valence electrons. The van der Waals surface area contributed by atoms with Crippen molar-refractivity contribution in [1.82, 2.24) is 15.0 Å². The molecular weight excluding hydrogens is 368 g/mol. The molecule has 7 heteroatoms. The number of hydrogen-bond donors (Lipinski definition) is 1. The Bertz CT molecular complexity index is 957. The zero-order valence-electron chi connectivity index (χ0n) is 16.4. The molecule has 0 saturated carbocycles. The molecular formula is C22H24N4O3. The van der Waals surface area contributed by atoms with Gasteiger partial charge in [-0.15, -0.1) is 0 Å². The summed E-state index contributed by atoms with van der Waals surface area (Å²) in [6.45, 7) is 3.08. The zero-order valence-corrected chi connectivity index (χ0v) is 16.4. The summed E-state index contributed by atoms with van der Waals surface area (Å²) in [5.74, 6) is 1.66. The topological polar surface area (TPSA) is 80.5 Å². The molecule has 0 bridgehead atoms. The molecule has 2 heterocycles. The number of benzene rings is 2. The fourth-order valence-electron chi connectivity index (χ4n) is 3.54. The van der Waals surface area contributed by atoms with E-state index in [1.165, 1.54) is 0 Å². The quantitative estimate of drug-likeness (QED) is 0.668. The number of amides is 2. The van der Waals surface area contributed by atoms with Crippen molar-refractivity contribution in [3.05, 3.63) is 60.5 Å². The Morgan fingerprint density at radius 3 is 2.79 bits per heavy atom. The molecule has 1 fully saturated rings. The molecule has 3 aromatic rings. The summed E-state index contributed by atoms with van der Waals surface area (Å²) >= 11 is 0. The molecule has 0 unspecified atom stereocenters. The lowest BCUT2D eigenvalue weighted by atomic mass is 10.0. The Labute approximate surface area is 169 Å². The zero-order chi connectivity index (χ0) is 20.1. The maximum Gasteiger partial charge on any atom is 0.322 e. The molecule has 29 heavy (non-hydrogen) atoms. The number of aromatic nitrogens is 2. The van der Waals surface area contributed by atoms with Gasteiger partial charge in [0.05, 0.1) is 12.3 Å². The number of nitrogens with one attached hydrogen (secondary N) is 1. The van der Waals surface area contributed by atoms with Gasteiger partial charge >= 0.3 is 6.03 Å². The van der Waals surface area contributed by atoms with Crippen LogP contribution < -0.4 is 10.1 Å². The molecule has 7 nitrogen and oxygen atoms in total. The second kappa shape index (κ2) is 8.77. The van der Waals surface area contributed by atoms with Crippen molar-refractivity contribution in [2.45, 2.75) is 32.2 Å². The third-order valence-corrected chi connectivity index (χ3v) is 4.95. The van der Waals surface area contributed by atoms with Gasteiger partial charge in [-0.05, 0) is 38.3 Å². The lowest BCUT2D eigenvalue weighted by Gasteiger charge is -2.33. The van der Waals surface area contributed by atoms with Crippen molar-refractivity contribution >= 4 is 11.7 Å². The number of carbonyl (C=O) groups excluding carboxylic acids is 1. The predicted molar refractivity (Wildman–Crippen MR) is 110 cm³/mol. The standard InChI is InChI=1S/C22H24N4O3/c1-2-28-19-14-7-6-12-17(19)23-22(27)26-15-9-8-13-18(26)21-24-20(25-29-21)16-10-4-3-5-11-16/h3-7,10-12,14,18H,2,8-9,13,15H2,1H3,(H,23,27)/t18-/m1/s1. The first-order valence-electron chi connectivity index (χ1n) is 9.94. The summed E-state index contributed by atoms with van der Waals surface area (Å²) in [6.07, 6.45) is 2.74. The van der Waals surface area contributed by atoms with Gasteiger partial charge in [-0.25, -0.2) is 4.79 Å². The minimum absolute atomic E-state index is 0.193. The number of anilines is 1. The molecule has 0 spiro atoms. The third kappa shape index (κ3) is 4.23. The molecule has 1 aliphatic heterocycles. The van der Waals surface area contributed by atoms with Crippen molar-refractivity contribution in [1.29, 1.82) is 0 Å². The number of hydrogen-bond acceptors (Lipinski definition) is 5. The van der Waals surface area contributed by atoms with Crippen LogP contribution in [0.5, 0.6) is 5.75 Å². The van der Waals surface area contributed by atoms with Crippen LogP contribution in [0.4, 0.5) is 10.5 Å². The average molecular weight is 392 g/mol. The van der Waals surface area contributed by atoms with Crippen LogP contribution in [0.15, 0.2) is 59.1 Å². The van der Waals surface area contributed by atoms with Crippen LogP contribution in [0.25, 0.3) is 11.4 Å². The van der Waals surface area contributed by atoms with E-state index in [1.54, 1.807) is 4.90 Å². The lowest BCUT2D eigenvalue weighted by molar-refractivity contribution is 0.142. The molecule has 1 N–H and O–H groups in total. The van der Waals surface area contributed by atoms with E-state index < -0.39 is 0 Å². The molecule has 1 atom stereocenters. The van der Waals surface area contributed by atoms with E-state index in [2.05, 4.69) is 15.5 Å². The number of piperidine rings is 1. The summed E-state index contributed by atoms with van der Waals surface area (Å²) in [7, 11) is 0. The highest BCUT2D eigenvalue weighted by Crippen LogP contribution is 2.32. The van der Waals surface area contributed by atoms with Crippen LogP contribution in [0.2, 0.25) is 0 Å². The highest BCUT2D eigenvalue weighted by atomic mass is 16.5. The van der Waals surface area contributed by atoms with E-state index in [0.717, 1.165) is 24.8 Å². The van der Waals surface area contributed by atoms with E-state index in [0.29, 0.717) is 36.3 Å². The number of para-hydroxylation sites is 2. The molecule has 4 rings (SSSR count). The van der Waals surface area contributed by atoms with Gasteiger partial charge in [-0.1, -0.05) is 47.6 Å². The van der Waals surface area contributed by atoms with Crippen LogP contribution >= 0.6 is 0 Å². The maximum atomic E-state index is 13.1. The van der Waals surface area contributed by atoms with E-state index >= 15 is 0 Å². The number of carbonyl (C=O) groups is 1. The second-order valence-electron chi connectivity index (χ2n) is 6.89. The first kappa shape index (κ1) is 19.0. The first-order chi connectivity index (χ1) is 14.3. The summed E-state index contributed by atoms with van der Waals surface area (Å²) in [4.78, 5) is 19.4. The fraction of sp³-hybridized carbons (Fsp3) is 0.318. The minimum atomic E-state index is -0.243. The second-order valence-corrected chi connectivity index (χ2v) is 6.89. The fourth-order valence-corrected chi connectivity index (χ4v) is 3.54. The number of urea groups is 1. The Morgan fingerprint density at radius 1 is 1.17 bits per heavy atom. The number of nitrogens with zero attached hydrogens (tertiary/aromatic N) is 3. The average Bonchev–Trinajstić information content (AvgIpc) is 3.26. The SMILES string of the molecule is CCOc1ccccc1NC(=O)N1CCCC[C@@H]1c1nc(-c2ccccc2)no1. The maximum absolute atomic E-state index is 13.1. The highest BCUT2D eigenvalue weighted by Gasteiger charge is 2.32. The third-order valence-electron chi connectivity index (χ3n) is 4.95. The van der Waals surface area contributed by atoms with Crippen LogP contribution in [0, 0.1) is 0 Å². The summed E-state index contributed by atoms with van der Waals surface area (Å²) < 4.78 is 11.2. The van der Waals surface area contributed by atoms with Crippen molar-refractivity contribution in [2.75, 3.05) is 18.5 Å².